The van der Waals surface area contributed by atoms with Gasteiger partial charge in [-0.2, -0.15) is 0 Å². The van der Waals surface area contributed by atoms with E-state index < -0.39 is 0 Å². The number of hydrogen-bond donors (Lipinski definition) is 0. The Morgan fingerprint density at radius 2 is 2.40 bits per heavy atom. The Balaban J connectivity index is 2.57. The van der Waals surface area contributed by atoms with Crippen molar-refractivity contribution in [2.45, 2.75) is 6.42 Å². The molecule has 1 heterocycles. The normalized spacial score (nSPS) is 12.9. The SMILES string of the molecule is C=Cc1c(C(=O)OC)ccc2c1CCO2. The molecule has 0 aromatic heterocycles. The molecule has 0 N–H and O–H groups in total. The number of fused-ring (bicyclic) bond motifs is 1. The highest BCUT2D eigenvalue weighted by Gasteiger charge is 2.20. The lowest BCUT2D eigenvalue weighted by molar-refractivity contribution is 0.0600. The Kier molecular flexibility index (Phi) is 2.46. The third-order valence-corrected chi connectivity index (χ3v) is 2.53. The highest BCUT2D eigenvalue weighted by atomic mass is 16.5. The van der Waals surface area contributed by atoms with Crippen LogP contribution in [0.4, 0.5) is 0 Å². The van der Waals surface area contributed by atoms with Gasteiger partial charge in [-0.05, 0) is 17.7 Å². The standard InChI is InChI=1S/C12H12O3/c1-3-8-9-6-7-15-11(9)5-4-10(8)12(13)14-2/h3-5H,1,6-7H2,2H3. The largest absolute Gasteiger partial charge is 0.493 e. The smallest absolute Gasteiger partial charge is 0.338 e. The van der Waals surface area contributed by atoms with Crippen LogP contribution in [-0.4, -0.2) is 19.7 Å². The van der Waals surface area contributed by atoms with Crippen LogP contribution in [0.25, 0.3) is 6.08 Å². The Morgan fingerprint density at radius 3 is 3.07 bits per heavy atom. The number of benzene rings is 1. The summed E-state index contributed by atoms with van der Waals surface area (Å²) in [5.74, 6) is 0.511. The quantitative estimate of drug-likeness (QED) is 0.691. The maximum Gasteiger partial charge on any atom is 0.338 e. The van der Waals surface area contributed by atoms with E-state index in [2.05, 4.69) is 6.58 Å². The van der Waals surface area contributed by atoms with Crippen LogP contribution in [0.15, 0.2) is 18.7 Å². The third-order valence-electron chi connectivity index (χ3n) is 2.53. The monoisotopic (exact) mass is 204 g/mol. The maximum atomic E-state index is 11.5. The zero-order valence-corrected chi connectivity index (χ0v) is 8.58. The minimum Gasteiger partial charge on any atom is -0.493 e. The van der Waals surface area contributed by atoms with E-state index in [1.165, 1.54) is 7.11 Å². The molecule has 1 aromatic carbocycles. The first-order valence-electron chi connectivity index (χ1n) is 4.77. The fraction of sp³-hybridized carbons (Fsp3) is 0.250. The van der Waals surface area contributed by atoms with Crippen molar-refractivity contribution in [3.8, 4) is 5.75 Å². The molecule has 2 rings (SSSR count). The molecule has 0 unspecified atom stereocenters. The van der Waals surface area contributed by atoms with E-state index in [0.29, 0.717) is 12.2 Å². The first-order valence-corrected chi connectivity index (χ1v) is 4.77. The van der Waals surface area contributed by atoms with Gasteiger partial charge in [0.1, 0.15) is 5.75 Å². The molecule has 1 aliphatic heterocycles. The van der Waals surface area contributed by atoms with Crippen molar-refractivity contribution >= 4 is 12.0 Å². The summed E-state index contributed by atoms with van der Waals surface area (Å²) in [6.45, 7) is 4.39. The molecule has 78 valence electrons. The summed E-state index contributed by atoms with van der Waals surface area (Å²) in [7, 11) is 1.37. The van der Waals surface area contributed by atoms with E-state index in [9.17, 15) is 4.79 Å². The third kappa shape index (κ3) is 1.50. The van der Waals surface area contributed by atoms with Gasteiger partial charge in [-0.15, -0.1) is 0 Å². The Morgan fingerprint density at radius 1 is 1.60 bits per heavy atom. The summed E-state index contributed by atoms with van der Waals surface area (Å²) in [6, 6.07) is 3.52. The summed E-state index contributed by atoms with van der Waals surface area (Å²) in [4.78, 5) is 11.5. The van der Waals surface area contributed by atoms with Crippen LogP contribution >= 0.6 is 0 Å². The van der Waals surface area contributed by atoms with Gasteiger partial charge in [0.05, 0.1) is 19.3 Å². The van der Waals surface area contributed by atoms with E-state index >= 15 is 0 Å². The summed E-state index contributed by atoms with van der Waals surface area (Å²) in [5, 5.41) is 0. The molecule has 0 aliphatic carbocycles. The predicted octanol–water partition coefficient (Wildman–Crippen LogP) is 2.05. The van der Waals surface area contributed by atoms with Gasteiger partial charge in [0.15, 0.2) is 0 Å². The minimum atomic E-state index is -0.334. The van der Waals surface area contributed by atoms with Gasteiger partial charge < -0.3 is 9.47 Å². The van der Waals surface area contributed by atoms with Crippen LogP contribution in [0.5, 0.6) is 5.75 Å². The van der Waals surface area contributed by atoms with E-state index in [-0.39, 0.29) is 5.97 Å². The molecule has 1 aromatic rings. The van der Waals surface area contributed by atoms with Crippen molar-refractivity contribution in [3.63, 3.8) is 0 Å². The highest BCUT2D eigenvalue weighted by Crippen LogP contribution is 2.31. The fourth-order valence-electron chi connectivity index (χ4n) is 1.82. The zero-order chi connectivity index (χ0) is 10.8. The van der Waals surface area contributed by atoms with Gasteiger partial charge in [-0.1, -0.05) is 12.7 Å². The number of carbonyl (C=O) groups excluding carboxylic acids is 1. The lowest BCUT2D eigenvalue weighted by Crippen LogP contribution is -2.05. The Bertz CT molecular complexity index is 421. The molecule has 15 heavy (non-hydrogen) atoms. The summed E-state index contributed by atoms with van der Waals surface area (Å²) < 4.78 is 10.1. The number of ether oxygens (including phenoxy) is 2. The molecule has 0 atom stereocenters. The fourth-order valence-corrected chi connectivity index (χ4v) is 1.82. The van der Waals surface area contributed by atoms with Gasteiger partial charge in [-0.25, -0.2) is 4.79 Å². The van der Waals surface area contributed by atoms with Crippen molar-refractivity contribution in [2.75, 3.05) is 13.7 Å². The van der Waals surface area contributed by atoms with Crippen LogP contribution in [0.3, 0.4) is 0 Å². The second kappa shape index (κ2) is 3.77. The Hall–Kier alpha value is -1.77. The van der Waals surface area contributed by atoms with Gasteiger partial charge >= 0.3 is 5.97 Å². The Labute approximate surface area is 88.3 Å². The van der Waals surface area contributed by atoms with Gasteiger partial charge in [0.2, 0.25) is 0 Å². The molecular formula is C12H12O3. The molecule has 0 saturated carbocycles. The van der Waals surface area contributed by atoms with E-state index in [1.54, 1.807) is 12.1 Å². The van der Waals surface area contributed by atoms with Crippen molar-refractivity contribution in [3.05, 3.63) is 35.4 Å². The molecule has 0 fully saturated rings. The van der Waals surface area contributed by atoms with E-state index in [1.807, 2.05) is 6.07 Å². The van der Waals surface area contributed by atoms with Crippen LogP contribution in [0, 0.1) is 0 Å². The summed E-state index contributed by atoms with van der Waals surface area (Å²) >= 11 is 0. The van der Waals surface area contributed by atoms with E-state index in [0.717, 1.165) is 23.3 Å². The minimum absolute atomic E-state index is 0.334. The van der Waals surface area contributed by atoms with Crippen molar-refractivity contribution in [2.24, 2.45) is 0 Å². The number of rotatable bonds is 2. The first-order chi connectivity index (χ1) is 7.27. The van der Waals surface area contributed by atoms with Gasteiger partial charge in [0, 0.05) is 12.0 Å². The number of carbonyl (C=O) groups is 1. The number of hydrogen-bond acceptors (Lipinski definition) is 3. The van der Waals surface area contributed by atoms with Crippen LogP contribution in [-0.2, 0) is 11.2 Å². The molecule has 1 aliphatic rings. The molecular weight excluding hydrogens is 192 g/mol. The van der Waals surface area contributed by atoms with Crippen molar-refractivity contribution in [1.29, 1.82) is 0 Å². The predicted molar refractivity (Wildman–Crippen MR) is 57.1 cm³/mol. The lowest BCUT2D eigenvalue weighted by atomic mass is 9.99. The summed E-state index contributed by atoms with van der Waals surface area (Å²) in [6.07, 6.45) is 2.50. The van der Waals surface area contributed by atoms with Crippen molar-refractivity contribution < 1.29 is 14.3 Å². The van der Waals surface area contributed by atoms with Gasteiger partial charge in [-0.3, -0.25) is 0 Å². The number of methoxy groups -OCH3 is 1. The second-order valence-corrected chi connectivity index (χ2v) is 3.30. The number of esters is 1. The topological polar surface area (TPSA) is 35.5 Å². The first kappa shape index (κ1) is 9.77. The molecule has 0 bridgehead atoms. The molecule has 0 amide bonds. The molecule has 3 heteroatoms. The van der Waals surface area contributed by atoms with Gasteiger partial charge in [0.25, 0.3) is 0 Å². The zero-order valence-electron chi connectivity index (χ0n) is 8.58. The second-order valence-electron chi connectivity index (χ2n) is 3.30. The van der Waals surface area contributed by atoms with Crippen LogP contribution < -0.4 is 4.74 Å². The van der Waals surface area contributed by atoms with Crippen LogP contribution in [0.1, 0.15) is 21.5 Å². The average Bonchev–Trinajstić information content (AvgIpc) is 2.74. The molecule has 0 saturated heterocycles. The average molecular weight is 204 g/mol. The summed E-state index contributed by atoms with van der Waals surface area (Å²) in [5.41, 5.74) is 2.43. The highest BCUT2D eigenvalue weighted by molar-refractivity contribution is 5.94. The molecule has 3 nitrogen and oxygen atoms in total. The molecule has 0 radical (unpaired) electrons. The maximum absolute atomic E-state index is 11.5. The molecule has 0 spiro atoms. The van der Waals surface area contributed by atoms with Crippen molar-refractivity contribution in [1.82, 2.24) is 0 Å². The van der Waals surface area contributed by atoms with E-state index in [4.69, 9.17) is 9.47 Å². The van der Waals surface area contributed by atoms with Crippen LogP contribution in [0.2, 0.25) is 0 Å². The lowest BCUT2D eigenvalue weighted by Gasteiger charge is -2.08.